The van der Waals surface area contributed by atoms with E-state index in [2.05, 4.69) is 20.4 Å². The summed E-state index contributed by atoms with van der Waals surface area (Å²) >= 11 is 6.33. The number of rotatable bonds is 8. The second kappa shape index (κ2) is 10.5. The standard InChI is InChI=1S/C25H23ClF3N5O2/c1-13-7-18(25-30-12-31-34(25)3)16-5-4-6-21(24(16)32-13)36-11-19-17(8-15(27)9-20(19)26)14(2)33-23(35)10-22(28)29/h4-9,12,14,22H,10-11H2,1-3H3,(H,33,35)/t14-/m0/s1. The van der Waals surface area contributed by atoms with Crippen molar-refractivity contribution in [3.8, 4) is 17.1 Å². The van der Waals surface area contributed by atoms with E-state index in [0.717, 1.165) is 22.7 Å². The van der Waals surface area contributed by atoms with Crippen LogP contribution in [0.4, 0.5) is 13.2 Å². The number of carbonyl (C=O) groups excluding carboxylic acids is 1. The fraction of sp³-hybridized carbons (Fsp3) is 0.280. The molecule has 1 N–H and O–H groups in total. The van der Waals surface area contributed by atoms with Crippen molar-refractivity contribution in [1.29, 1.82) is 0 Å². The minimum atomic E-state index is -2.79. The van der Waals surface area contributed by atoms with Crippen LogP contribution in [-0.2, 0) is 18.4 Å². The van der Waals surface area contributed by atoms with Gasteiger partial charge in [-0.05, 0) is 43.7 Å². The molecule has 4 aromatic rings. The Morgan fingerprint density at radius 1 is 1.25 bits per heavy atom. The molecule has 11 heteroatoms. The Hall–Kier alpha value is -3.66. The van der Waals surface area contributed by atoms with E-state index in [9.17, 15) is 18.0 Å². The average molecular weight is 518 g/mol. The molecule has 0 aliphatic rings. The molecule has 7 nitrogen and oxygen atoms in total. The number of amides is 1. The zero-order valence-corrected chi connectivity index (χ0v) is 20.5. The summed E-state index contributed by atoms with van der Waals surface area (Å²) in [6, 6.07) is 8.93. The van der Waals surface area contributed by atoms with Crippen LogP contribution in [0.15, 0.2) is 42.7 Å². The number of nitrogens with one attached hydrogen (secondary N) is 1. The maximum Gasteiger partial charge on any atom is 0.247 e. The Kier molecular flexibility index (Phi) is 7.44. The molecule has 0 radical (unpaired) electrons. The SMILES string of the molecule is Cc1cc(-c2ncnn2C)c2cccc(OCc3c(Cl)cc(F)cc3[C@H](C)NC(=O)CC(F)F)c2n1. The first kappa shape index (κ1) is 25.4. The van der Waals surface area contributed by atoms with Gasteiger partial charge in [0.2, 0.25) is 12.3 Å². The second-order valence-corrected chi connectivity index (χ2v) is 8.71. The smallest absolute Gasteiger partial charge is 0.247 e. The number of hydrogen-bond donors (Lipinski definition) is 1. The van der Waals surface area contributed by atoms with Crippen LogP contribution in [0.2, 0.25) is 5.02 Å². The Balaban J connectivity index is 1.68. The van der Waals surface area contributed by atoms with Crippen molar-refractivity contribution in [1.82, 2.24) is 25.1 Å². The lowest BCUT2D eigenvalue weighted by Crippen LogP contribution is -2.29. The lowest BCUT2D eigenvalue weighted by atomic mass is 10.0. The number of hydrogen-bond acceptors (Lipinski definition) is 5. The van der Waals surface area contributed by atoms with Crippen LogP contribution < -0.4 is 10.1 Å². The van der Waals surface area contributed by atoms with Gasteiger partial charge in [0.15, 0.2) is 5.82 Å². The molecular weight excluding hydrogens is 495 g/mol. The number of aryl methyl sites for hydroxylation is 2. The van der Waals surface area contributed by atoms with E-state index in [1.165, 1.54) is 12.4 Å². The fourth-order valence-electron chi connectivity index (χ4n) is 4.02. The lowest BCUT2D eigenvalue weighted by molar-refractivity contribution is -0.124. The molecule has 188 valence electrons. The third-order valence-electron chi connectivity index (χ3n) is 5.63. The largest absolute Gasteiger partial charge is 0.487 e. The molecule has 2 heterocycles. The number of para-hydroxylation sites is 1. The topological polar surface area (TPSA) is 81.9 Å². The van der Waals surface area contributed by atoms with Crippen molar-refractivity contribution in [3.63, 3.8) is 0 Å². The number of halogens is 4. The maximum atomic E-state index is 14.2. The number of aromatic nitrogens is 4. The number of ether oxygens (including phenoxy) is 1. The van der Waals surface area contributed by atoms with Gasteiger partial charge in [-0.3, -0.25) is 4.79 Å². The molecule has 4 rings (SSSR count). The van der Waals surface area contributed by atoms with Crippen molar-refractivity contribution in [2.75, 3.05) is 0 Å². The summed E-state index contributed by atoms with van der Waals surface area (Å²) in [4.78, 5) is 20.8. The van der Waals surface area contributed by atoms with E-state index in [-0.39, 0.29) is 11.6 Å². The van der Waals surface area contributed by atoms with Gasteiger partial charge in [0.05, 0.1) is 17.5 Å². The molecule has 1 amide bonds. The number of pyridine rings is 1. The first-order valence-electron chi connectivity index (χ1n) is 11.1. The lowest BCUT2D eigenvalue weighted by Gasteiger charge is -2.20. The summed E-state index contributed by atoms with van der Waals surface area (Å²) < 4.78 is 47.1. The van der Waals surface area contributed by atoms with Crippen LogP contribution in [-0.4, -0.2) is 32.1 Å². The Morgan fingerprint density at radius 3 is 2.72 bits per heavy atom. The van der Waals surface area contributed by atoms with Crippen LogP contribution in [0.3, 0.4) is 0 Å². The third kappa shape index (κ3) is 5.43. The first-order valence-corrected chi connectivity index (χ1v) is 11.4. The molecule has 1 atom stereocenters. The van der Waals surface area contributed by atoms with Crippen LogP contribution in [0.5, 0.6) is 5.75 Å². The fourth-order valence-corrected chi connectivity index (χ4v) is 4.29. The molecule has 2 aromatic carbocycles. The van der Waals surface area contributed by atoms with Gasteiger partial charge in [-0.15, -0.1) is 0 Å². The monoisotopic (exact) mass is 517 g/mol. The summed E-state index contributed by atoms with van der Waals surface area (Å²) in [5.74, 6) is -0.348. The van der Waals surface area contributed by atoms with Gasteiger partial charge in [-0.1, -0.05) is 23.7 Å². The predicted molar refractivity (Wildman–Crippen MR) is 129 cm³/mol. The third-order valence-corrected chi connectivity index (χ3v) is 5.97. The number of fused-ring (bicyclic) bond motifs is 1. The summed E-state index contributed by atoms with van der Waals surface area (Å²) in [5, 5.41) is 7.49. The average Bonchev–Trinajstić information content (AvgIpc) is 3.22. The van der Waals surface area contributed by atoms with Crippen LogP contribution in [0, 0.1) is 12.7 Å². The maximum absolute atomic E-state index is 14.2. The number of carbonyl (C=O) groups is 1. The van der Waals surface area contributed by atoms with Crippen molar-refractivity contribution in [2.24, 2.45) is 7.05 Å². The van der Waals surface area contributed by atoms with Gasteiger partial charge in [-0.25, -0.2) is 27.8 Å². The molecule has 36 heavy (non-hydrogen) atoms. The highest BCUT2D eigenvalue weighted by Gasteiger charge is 2.21. The van der Waals surface area contributed by atoms with E-state index in [4.69, 9.17) is 16.3 Å². The zero-order valence-electron chi connectivity index (χ0n) is 19.7. The molecule has 0 bridgehead atoms. The summed E-state index contributed by atoms with van der Waals surface area (Å²) in [6.07, 6.45) is -2.27. The molecule has 0 fully saturated rings. The Labute approximate surface area is 210 Å². The number of benzene rings is 2. The number of nitrogens with zero attached hydrogens (tertiary/aromatic N) is 4. The van der Waals surface area contributed by atoms with Gasteiger partial charge in [-0.2, -0.15) is 5.10 Å². The van der Waals surface area contributed by atoms with E-state index in [1.54, 1.807) is 24.7 Å². The molecule has 0 aliphatic heterocycles. The van der Waals surface area contributed by atoms with Gasteiger partial charge >= 0.3 is 0 Å². The number of alkyl halides is 2. The normalized spacial score (nSPS) is 12.2. The van der Waals surface area contributed by atoms with Gasteiger partial charge in [0, 0.05) is 29.3 Å². The summed E-state index contributed by atoms with van der Waals surface area (Å²) in [6.45, 7) is 3.35. The van der Waals surface area contributed by atoms with E-state index in [1.807, 2.05) is 25.1 Å². The zero-order chi connectivity index (χ0) is 26.0. The highest BCUT2D eigenvalue weighted by atomic mass is 35.5. The van der Waals surface area contributed by atoms with Crippen LogP contribution in [0.1, 0.15) is 36.2 Å². The highest BCUT2D eigenvalue weighted by Crippen LogP contribution is 2.34. The molecule has 0 unspecified atom stereocenters. The van der Waals surface area contributed by atoms with E-state index in [0.29, 0.717) is 28.2 Å². The van der Waals surface area contributed by atoms with Gasteiger partial charge in [0.1, 0.15) is 30.0 Å². The molecule has 2 aromatic heterocycles. The Morgan fingerprint density at radius 2 is 2.03 bits per heavy atom. The summed E-state index contributed by atoms with van der Waals surface area (Å²) in [5.41, 5.74) is 2.91. The van der Waals surface area contributed by atoms with Crippen molar-refractivity contribution in [2.45, 2.75) is 39.3 Å². The van der Waals surface area contributed by atoms with E-state index >= 15 is 0 Å². The van der Waals surface area contributed by atoms with Crippen molar-refractivity contribution >= 4 is 28.4 Å². The molecule has 0 saturated heterocycles. The first-order chi connectivity index (χ1) is 17.1. The molecular formula is C25H23ClF3N5O2. The van der Waals surface area contributed by atoms with Crippen molar-refractivity contribution in [3.05, 3.63) is 70.4 Å². The van der Waals surface area contributed by atoms with E-state index < -0.39 is 30.6 Å². The highest BCUT2D eigenvalue weighted by molar-refractivity contribution is 6.31. The van der Waals surface area contributed by atoms with Crippen LogP contribution in [0.25, 0.3) is 22.3 Å². The predicted octanol–water partition coefficient (Wildman–Crippen LogP) is 5.54. The van der Waals surface area contributed by atoms with Crippen molar-refractivity contribution < 1.29 is 22.7 Å². The molecule has 0 aliphatic carbocycles. The Bertz CT molecular complexity index is 1430. The quantitative estimate of drug-likeness (QED) is 0.332. The second-order valence-electron chi connectivity index (χ2n) is 8.30. The minimum Gasteiger partial charge on any atom is -0.487 e. The van der Waals surface area contributed by atoms with Gasteiger partial charge in [0.25, 0.3) is 0 Å². The molecule has 0 spiro atoms. The van der Waals surface area contributed by atoms with Gasteiger partial charge < -0.3 is 10.1 Å². The minimum absolute atomic E-state index is 0.0719. The summed E-state index contributed by atoms with van der Waals surface area (Å²) in [7, 11) is 1.80. The van der Waals surface area contributed by atoms with Crippen LogP contribution >= 0.6 is 11.6 Å². The molecule has 0 saturated carbocycles.